The van der Waals surface area contributed by atoms with E-state index in [1.54, 1.807) is 0 Å². The molecule has 0 spiro atoms. The fourth-order valence-electron chi connectivity index (χ4n) is 3.58. The van der Waals surface area contributed by atoms with Crippen LogP contribution in [-0.2, 0) is 23.3 Å². The predicted octanol–water partition coefficient (Wildman–Crippen LogP) is 2.63. The molecule has 4 heteroatoms. The van der Waals surface area contributed by atoms with E-state index in [1.165, 1.54) is 30.5 Å². The number of aromatic nitrogens is 2. The Labute approximate surface area is 121 Å². The van der Waals surface area contributed by atoms with E-state index < -0.39 is 0 Å². The zero-order valence-corrected chi connectivity index (χ0v) is 12.7. The molecule has 2 heterocycles. The number of nitrogens with one attached hydrogen (secondary N) is 1. The normalized spacial score (nSPS) is 21.5. The molecule has 3 rings (SSSR count). The maximum atomic E-state index is 6.16. The molecule has 110 valence electrons. The van der Waals surface area contributed by atoms with Gasteiger partial charge in [0, 0.05) is 18.8 Å². The smallest absolute Gasteiger partial charge is 0.160 e. The van der Waals surface area contributed by atoms with Crippen LogP contribution in [0.3, 0.4) is 0 Å². The molecule has 1 N–H and O–H groups in total. The van der Waals surface area contributed by atoms with Crippen molar-refractivity contribution in [1.82, 2.24) is 15.3 Å². The lowest BCUT2D eigenvalue weighted by Crippen LogP contribution is -2.36. The van der Waals surface area contributed by atoms with Crippen LogP contribution in [0.2, 0.25) is 0 Å². The third-order valence-corrected chi connectivity index (χ3v) is 4.63. The summed E-state index contributed by atoms with van der Waals surface area (Å²) >= 11 is 0. The topological polar surface area (TPSA) is 47.0 Å². The molecule has 0 amide bonds. The lowest BCUT2D eigenvalue weighted by atomic mass is 9.83. The van der Waals surface area contributed by atoms with Crippen molar-refractivity contribution in [2.75, 3.05) is 13.2 Å². The van der Waals surface area contributed by atoms with Crippen LogP contribution in [-0.4, -0.2) is 23.1 Å². The van der Waals surface area contributed by atoms with E-state index in [9.17, 15) is 0 Å². The molecule has 0 saturated heterocycles. The Balaban J connectivity index is 2.00. The molecule has 1 aliphatic heterocycles. The first kappa shape index (κ1) is 14.0. The first-order chi connectivity index (χ1) is 9.75. The SMILES string of the molecule is CCOC1(c2nc(C)c3c(n2)CNCC3)CCCCC1. The van der Waals surface area contributed by atoms with Crippen molar-refractivity contribution in [3.63, 3.8) is 0 Å². The fourth-order valence-corrected chi connectivity index (χ4v) is 3.58. The monoisotopic (exact) mass is 275 g/mol. The van der Waals surface area contributed by atoms with Gasteiger partial charge in [0.1, 0.15) is 5.60 Å². The van der Waals surface area contributed by atoms with Crippen LogP contribution in [0.1, 0.15) is 61.8 Å². The Bertz CT molecular complexity index is 475. The molecule has 1 aromatic rings. The summed E-state index contributed by atoms with van der Waals surface area (Å²) in [5.74, 6) is 0.930. The molecule has 0 radical (unpaired) electrons. The van der Waals surface area contributed by atoms with Crippen LogP contribution < -0.4 is 5.32 Å². The van der Waals surface area contributed by atoms with E-state index in [0.29, 0.717) is 0 Å². The van der Waals surface area contributed by atoms with Crippen LogP contribution >= 0.6 is 0 Å². The van der Waals surface area contributed by atoms with Crippen molar-refractivity contribution in [2.24, 2.45) is 0 Å². The van der Waals surface area contributed by atoms with Crippen molar-refractivity contribution in [2.45, 2.75) is 64.5 Å². The van der Waals surface area contributed by atoms with E-state index >= 15 is 0 Å². The van der Waals surface area contributed by atoms with E-state index in [2.05, 4.69) is 19.2 Å². The van der Waals surface area contributed by atoms with Crippen LogP contribution in [0.15, 0.2) is 0 Å². The second-order valence-electron chi connectivity index (χ2n) is 5.97. The van der Waals surface area contributed by atoms with E-state index in [0.717, 1.165) is 50.5 Å². The molecule has 1 aromatic heterocycles. The van der Waals surface area contributed by atoms with Crippen LogP contribution in [0.4, 0.5) is 0 Å². The summed E-state index contributed by atoms with van der Waals surface area (Å²) in [6.45, 7) is 6.83. The van der Waals surface area contributed by atoms with E-state index in [1.807, 2.05) is 0 Å². The number of hydrogen-bond donors (Lipinski definition) is 1. The first-order valence-electron chi connectivity index (χ1n) is 7.97. The summed E-state index contributed by atoms with van der Waals surface area (Å²) in [6, 6.07) is 0. The number of fused-ring (bicyclic) bond motifs is 1. The Morgan fingerprint density at radius 2 is 2.00 bits per heavy atom. The minimum absolute atomic E-state index is 0.232. The highest BCUT2D eigenvalue weighted by Gasteiger charge is 2.38. The quantitative estimate of drug-likeness (QED) is 0.921. The zero-order valence-electron chi connectivity index (χ0n) is 12.7. The van der Waals surface area contributed by atoms with Crippen molar-refractivity contribution in [3.8, 4) is 0 Å². The maximum absolute atomic E-state index is 6.16. The molecule has 0 bridgehead atoms. The van der Waals surface area contributed by atoms with Gasteiger partial charge in [-0.05, 0) is 45.2 Å². The lowest BCUT2D eigenvalue weighted by molar-refractivity contribution is -0.0769. The number of aryl methyl sites for hydroxylation is 1. The molecule has 0 atom stereocenters. The van der Waals surface area contributed by atoms with Crippen molar-refractivity contribution < 1.29 is 4.74 Å². The second-order valence-corrected chi connectivity index (χ2v) is 5.97. The predicted molar refractivity (Wildman–Crippen MR) is 78.6 cm³/mol. The molecular weight excluding hydrogens is 250 g/mol. The zero-order chi connectivity index (χ0) is 14.0. The van der Waals surface area contributed by atoms with Gasteiger partial charge in [-0.1, -0.05) is 19.3 Å². The van der Waals surface area contributed by atoms with Crippen LogP contribution in [0, 0.1) is 6.92 Å². The third kappa shape index (κ3) is 2.47. The lowest BCUT2D eigenvalue weighted by Gasteiger charge is -2.36. The minimum atomic E-state index is -0.232. The average molecular weight is 275 g/mol. The first-order valence-corrected chi connectivity index (χ1v) is 7.97. The molecule has 1 fully saturated rings. The number of rotatable bonds is 3. The minimum Gasteiger partial charge on any atom is -0.367 e. The highest BCUT2D eigenvalue weighted by atomic mass is 16.5. The Hall–Kier alpha value is -1.00. The molecule has 1 saturated carbocycles. The Kier molecular flexibility index (Phi) is 4.03. The Morgan fingerprint density at radius 3 is 2.75 bits per heavy atom. The fraction of sp³-hybridized carbons (Fsp3) is 0.750. The van der Waals surface area contributed by atoms with Gasteiger partial charge in [-0.2, -0.15) is 0 Å². The van der Waals surface area contributed by atoms with Gasteiger partial charge in [0.15, 0.2) is 5.82 Å². The van der Waals surface area contributed by atoms with Gasteiger partial charge < -0.3 is 10.1 Å². The van der Waals surface area contributed by atoms with Gasteiger partial charge in [-0.25, -0.2) is 9.97 Å². The second kappa shape index (κ2) is 5.78. The van der Waals surface area contributed by atoms with Gasteiger partial charge in [0.05, 0.1) is 5.69 Å². The average Bonchev–Trinajstić information content (AvgIpc) is 2.48. The highest BCUT2D eigenvalue weighted by Crippen LogP contribution is 2.39. The summed E-state index contributed by atoms with van der Waals surface area (Å²) in [5.41, 5.74) is 3.44. The number of hydrogen-bond acceptors (Lipinski definition) is 4. The van der Waals surface area contributed by atoms with Gasteiger partial charge in [0.2, 0.25) is 0 Å². The van der Waals surface area contributed by atoms with Gasteiger partial charge in [0.25, 0.3) is 0 Å². The standard InChI is InChI=1S/C16H25N3O/c1-3-20-16(8-5-4-6-9-16)15-18-12(2)13-7-10-17-11-14(13)19-15/h17H,3-11H2,1-2H3. The van der Waals surface area contributed by atoms with E-state index in [4.69, 9.17) is 14.7 Å². The van der Waals surface area contributed by atoms with Crippen molar-refractivity contribution in [1.29, 1.82) is 0 Å². The molecule has 0 aromatic carbocycles. The molecule has 1 aliphatic carbocycles. The van der Waals surface area contributed by atoms with Gasteiger partial charge in [-0.3, -0.25) is 0 Å². The highest BCUT2D eigenvalue weighted by molar-refractivity contribution is 5.29. The van der Waals surface area contributed by atoms with Gasteiger partial charge in [-0.15, -0.1) is 0 Å². The van der Waals surface area contributed by atoms with Crippen molar-refractivity contribution >= 4 is 0 Å². The number of nitrogens with zero attached hydrogens (tertiary/aromatic N) is 2. The van der Waals surface area contributed by atoms with E-state index in [-0.39, 0.29) is 5.60 Å². The molecular formula is C16H25N3O. The summed E-state index contributed by atoms with van der Waals surface area (Å²) < 4.78 is 6.16. The van der Waals surface area contributed by atoms with Crippen LogP contribution in [0.25, 0.3) is 0 Å². The Morgan fingerprint density at radius 1 is 1.20 bits per heavy atom. The molecule has 0 unspecified atom stereocenters. The molecule has 20 heavy (non-hydrogen) atoms. The van der Waals surface area contributed by atoms with Gasteiger partial charge >= 0.3 is 0 Å². The summed E-state index contributed by atoms with van der Waals surface area (Å²) in [5, 5.41) is 3.41. The number of ether oxygens (including phenoxy) is 1. The van der Waals surface area contributed by atoms with Crippen LogP contribution in [0.5, 0.6) is 0 Å². The summed E-state index contributed by atoms with van der Waals surface area (Å²) in [6.07, 6.45) is 6.91. The van der Waals surface area contributed by atoms with Crippen molar-refractivity contribution in [3.05, 3.63) is 22.8 Å². The summed E-state index contributed by atoms with van der Waals surface area (Å²) in [7, 11) is 0. The maximum Gasteiger partial charge on any atom is 0.160 e. The molecule has 2 aliphatic rings. The molecule has 4 nitrogen and oxygen atoms in total. The third-order valence-electron chi connectivity index (χ3n) is 4.63. The summed E-state index contributed by atoms with van der Waals surface area (Å²) in [4.78, 5) is 9.73. The largest absolute Gasteiger partial charge is 0.367 e.